The van der Waals surface area contributed by atoms with Gasteiger partial charge < -0.3 is 0 Å². The van der Waals surface area contributed by atoms with E-state index in [2.05, 4.69) is 4.99 Å². The van der Waals surface area contributed by atoms with Gasteiger partial charge in [0.05, 0.1) is 0 Å². The molecule has 0 unspecified atom stereocenters. The molecule has 2 aliphatic heterocycles. The molecule has 0 amide bonds. The lowest BCUT2D eigenvalue weighted by Crippen LogP contribution is -2.52. The summed E-state index contributed by atoms with van der Waals surface area (Å²) in [5, 5.41) is 3.19. The van der Waals surface area contributed by atoms with E-state index in [-0.39, 0.29) is 12.5 Å². The van der Waals surface area contributed by atoms with Gasteiger partial charge in [0, 0.05) is 12.2 Å². The number of hydrazine groups is 1. The van der Waals surface area contributed by atoms with E-state index in [4.69, 9.17) is 11.6 Å². The zero-order valence-corrected chi connectivity index (χ0v) is 11.0. The van der Waals surface area contributed by atoms with E-state index in [1.54, 1.807) is 19.1 Å². The van der Waals surface area contributed by atoms with Crippen molar-refractivity contribution >= 4 is 16.8 Å². The molecule has 0 spiro atoms. The summed E-state index contributed by atoms with van der Waals surface area (Å²) in [6.07, 6.45) is 0.306. The second-order valence-corrected chi connectivity index (χ2v) is 5.43. The van der Waals surface area contributed by atoms with E-state index in [1.807, 2.05) is 0 Å². The van der Waals surface area contributed by atoms with Crippen LogP contribution < -0.4 is 0 Å². The highest BCUT2D eigenvalue weighted by Crippen LogP contribution is 2.46. The van der Waals surface area contributed by atoms with Crippen LogP contribution in [0.3, 0.4) is 0 Å². The number of fused-ring (bicyclic) bond motifs is 1. The monoisotopic (exact) mass is 291 g/mol. The molecule has 1 aliphatic carbocycles. The fourth-order valence-corrected chi connectivity index (χ4v) is 2.90. The van der Waals surface area contributed by atoms with Gasteiger partial charge in [-0.25, -0.2) is 4.99 Å². The standard InChI is InChI=1S/C12H13ClF3N3/c1-7-6-9(13)17-10-4-5-18(19(7)10)11(8-2-3-8)12(14,15)16/h4,6,8,11H,2-3,5H2,1H3/t11-/m1/s1. The van der Waals surface area contributed by atoms with Crippen LogP contribution in [0.15, 0.2) is 28.7 Å². The van der Waals surface area contributed by atoms with Crippen LogP contribution in [0, 0.1) is 5.92 Å². The van der Waals surface area contributed by atoms with E-state index in [0.29, 0.717) is 29.5 Å². The third-order valence-electron chi connectivity index (χ3n) is 3.54. The fourth-order valence-electron chi connectivity index (χ4n) is 2.66. The van der Waals surface area contributed by atoms with Crippen molar-refractivity contribution < 1.29 is 13.2 Å². The molecule has 3 rings (SSSR count). The summed E-state index contributed by atoms with van der Waals surface area (Å²) < 4.78 is 39.8. The number of hydrogen-bond acceptors (Lipinski definition) is 3. The molecular weight excluding hydrogens is 279 g/mol. The Labute approximate surface area is 114 Å². The lowest BCUT2D eigenvalue weighted by atomic mass is 10.1. The summed E-state index contributed by atoms with van der Waals surface area (Å²) in [5.41, 5.74) is 0.665. The Morgan fingerprint density at radius 1 is 1.42 bits per heavy atom. The number of nitrogens with zero attached hydrogens (tertiary/aromatic N) is 3. The van der Waals surface area contributed by atoms with Crippen molar-refractivity contribution in [3.05, 3.63) is 23.7 Å². The Morgan fingerprint density at radius 2 is 2.11 bits per heavy atom. The predicted octanol–water partition coefficient (Wildman–Crippen LogP) is 3.26. The lowest BCUT2D eigenvalue weighted by molar-refractivity contribution is -0.212. The molecule has 19 heavy (non-hydrogen) atoms. The third-order valence-corrected chi connectivity index (χ3v) is 3.74. The van der Waals surface area contributed by atoms with E-state index >= 15 is 0 Å². The molecule has 0 saturated heterocycles. The predicted molar refractivity (Wildman–Crippen MR) is 66.2 cm³/mol. The van der Waals surface area contributed by atoms with E-state index in [1.165, 1.54) is 10.0 Å². The second-order valence-electron chi connectivity index (χ2n) is 5.04. The van der Waals surface area contributed by atoms with Gasteiger partial charge in [-0.05, 0) is 37.8 Å². The van der Waals surface area contributed by atoms with Crippen LogP contribution in [-0.2, 0) is 0 Å². The van der Waals surface area contributed by atoms with Gasteiger partial charge in [-0.15, -0.1) is 0 Å². The van der Waals surface area contributed by atoms with Gasteiger partial charge in [-0.1, -0.05) is 11.6 Å². The van der Waals surface area contributed by atoms with Gasteiger partial charge in [0.1, 0.15) is 17.0 Å². The Balaban J connectivity index is 1.90. The van der Waals surface area contributed by atoms with Crippen LogP contribution in [0.4, 0.5) is 13.2 Å². The smallest absolute Gasteiger partial charge is 0.261 e. The molecule has 0 aromatic heterocycles. The molecule has 0 bridgehead atoms. The molecule has 0 aromatic carbocycles. The minimum Gasteiger partial charge on any atom is -0.261 e. The minimum atomic E-state index is -4.23. The first-order chi connectivity index (χ1) is 8.88. The molecule has 0 aromatic rings. The molecule has 1 saturated carbocycles. The average molecular weight is 292 g/mol. The van der Waals surface area contributed by atoms with Gasteiger partial charge in [-0.3, -0.25) is 5.01 Å². The zero-order valence-electron chi connectivity index (χ0n) is 10.3. The van der Waals surface area contributed by atoms with E-state index in [0.717, 1.165) is 0 Å². The molecule has 104 valence electrons. The number of rotatable bonds is 2. The van der Waals surface area contributed by atoms with Crippen molar-refractivity contribution in [1.29, 1.82) is 0 Å². The van der Waals surface area contributed by atoms with Gasteiger partial charge in [0.2, 0.25) is 0 Å². The summed E-state index contributed by atoms with van der Waals surface area (Å²) >= 11 is 5.84. The fraction of sp³-hybridized carbons (Fsp3) is 0.583. The molecule has 0 N–H and O–H groups in total. The molecule has 3 aliphatic rings. The van der Waals surface area contributed by atoms with Crippen molar-refractivity contribution in [3.8, 4) is 0 Å². The molecular formula is C12H13ClF3N3. The van der Waals surface area contributed by atoms with Gasteiger partial charge in [0.25, 0.3) is 0 Å². The Kier molecular flexibility index (Phi) is 2.90. The first-order valence-electron chi connectivity index (χ1n) is 6.14. The number of allylic oxidation sites excluding steroid dienone is 2. The van der Waals surface area contributed by atoms with Crippen molar-refractivity contribution in [1.82, 2.24) is 10.0 Å². The van der Waals surface area contributed by atoms with Crippen LogP contribution in [0.2, 0.25) is 0 Å². The maximum Gasteiger partial charge on any atom is 0.406 e. The topological polar surface area (TPSA) is 18.8 Å². The van der Waals surface area contributed by atoms with Crippen LogP contribution in [-0.4, -0.2) is 34.0 Å². The summed E-state index contributed by atoms with van der Waals surface area (Å²) in [5.74, 6) is 0.182. The molecule has 1 atom stereocenters. The minimum absolute atomic E-state index is 0.217. The second kappa shape index (κ2) is 4.24. The van der Waals surface area contributed by atoms with Gasteiger partial charge in [-0.2, -0.15) is 18.2 Å². The highest BCUT2D eigenvalue weighted by atomic mass is 35.5. The summed E-state index contributed by atoms with van der Waals surface area (Å²) in [7, 11) is 0. The van der Waals surface area contributed by atoms with Gasteiger partial charge >= 0.3 is 6.18 Å². The highest BCUT2D eigenvalue weighted by Gasteiger charge is 2.54. The maximum atomic E-state index is 13.3. The van der Waals surface area contributed by atoms with E-state index < -0.39 is 12.2 Å². The number of halogens is 4. The number of alkyl halides is 3. The first-order valence-corrected chi connectivity index (χ1v) is 6.52. The SMILES string of the molecule is CC1=CC(Cl)=NC2=CCN([C@H](C3CC3)C(F)(F)F)N12. The Hall–Kier alpha value is -1.01. The average Bonchev–Trinajstić information content (AvgIpc) is 2.98. The molecule has 7 heteroatoms. The summed E-state index contributed by atoms with van der Waals surface area (Å²) in [6.45, 7) is 1.96. The van der Waals surface area contributed by atoms with Gasteiger partial charge in [0.15, 0.2) is 0 Å². The Bertz CT molecular complexity index is 491. The summed E-state index contributed by atoms with van der Waals surface area (Å²) in [6, 6.07) is -1.43. The van der Waals surface area contributed by atoms with Crippen molar-refractivity contribution in [2.45, 2.75) is 32.0 Å². The van der Waals surface area contributed by atoms with Crippen molar-refractivity contribution in [3.63, 3.8) is 0 Å². The highest BCUT2D eigenvalue weighted by molar-refractivity contribution is 6.68. The quantitative estimate of drug-likeness (QED) is 0.778. The summed E-state index contributed by atoms with van der Waals surface area (Å²) in [4.78, 5) is 4.07. The van der Waals surface area contributed by atoms with Crippen molar-refractivity contribution in [2.24, 2.45) is 10.9 Å². The third kappa shape index (κ3) is 2.27. The normalized spacial score (nSPS) is 25.7. The van der Waals surface area contributed by atoms with E-state index in [9.17, 15) is 13.2 Å². The number of aliphatic imine (C=N–C) groups is 1. The van der Waals surface area contributed by atoms with Crippen molar-refractivity contribution in [2.75, 3.05) is 6.54 Å². The molecule has 2 heterocycles. The number of hydrogen-bond donors (Lipinski definition) is 0. The lowest BCUT2D eigenvalue weighted by Gasteiger charge is -2.39. The molecule has 0 radical (unpaired) electrons. The van der Waals surface area contributed by atoms with Crippen LogP contribution >= 0.6 is 11.6 Å². The van der Waals surface area contributed by atoms with Crippen LogP contribution in [0.5, 0.6) is 0 Å². The largest absolute Gasteiger partial charge is 0.406 e. The van der Waals surface area contributed by atoms with Crippen LogP contribution in [0.25, 0.3) is 0 Å². The molecule has 1 fully saturated rings. The molecule has 3 nitrogen and oxygen atoms in total. The maximum absolute atomic E-state index is 13.3. The Morgan fingerprint density at radius 3 is 2.68 bits per heavy atom. The first kappa shape index (κ1) is 13.0. The van der Waals surface area contributed by atoms with Crippen LogP contribution in [0.1, 0.15) is 19.8 Å². The zero-order chi connectivity index (χ0) is 13.8.